The van der Waals surface area contributed by atoms with Crippen molar-refractivity contribution in [2.45, 2.75) is 25.8 Å². The van der Waals surface area contributed by atoms with Crippen LogP contribution in [0, 0.1) is 0 Å². The van der Waals surface area contributed by atoms with Crippen molar-refractivity contribution < 1.29 is 4.74 Å². The van der Waals surface area contributed by atoms with E-state index in [0.29, 0.717) is 6.04 Å². The van der Waals surface area contributed by atoms with Gasteiger partial charge in [0.15, 0.2) is 10.3 Å². The fraction of sp³-hybridized carbons (Fsp3) is 0.333. The second kappa shape index (κ2) is 8.84. The van der Waals surface area contributed by atoms with Crippen molar-refractivity contribution in [3.63, 3.8) is 0 Å². The van der Waals surface area contributed by atoms with Crippen LogP contribution in [-0.4, -0.2) is 35.6 Å². The maximum Gasteiger partial charge on any atom is 0.183 e. The number of thiazole rings is 1. The SMILES string of the molecule is CCC1CSC(Nc2ccc(CCNc3nc4c(OC)cccc4s3)cc2)=N1. The molecule has 146 valence electrons. The number of hydrogen-bond acceptors (Lipinski definition) is 7. The van der Waals surface area contributed by atoms with E-state index < -0.39 is 0 Å². The Bertz CT molecular complexity index is 968. The van der Waals surface area contributed by atoms with Crippen molar-refractivity contribution in [2.24, 2.45) is 4.99 Å². The zero-order chi connectivity index (χ0) is 19.3. The van der Waals surface area contributed by atoms with Crippen LogP contribution in [0.4, 0.5) is 10.8 Å². The van der Waals surface area contributed by atoms with E-state index in [-0.39, 0.29) is 0 Å². The number of aromatic nitrogens is 1. The number of para-hydroxylation sites is 1. The predicted molar refractivity (Wildman–Crippen MR) is 122 cm³/mol. The minimum absolute atomic E-state index is 0.459. The Balaban J connectivity index is 1.31. The standard InChI is InChI=1S/C21H24N4OS2/c1-3-15-13-27-21(23-15)24-16-9-7-14(8-10-16)11-12-22-20-25-19-17(26-2)5-4-6-18(19)28-20/h4-10,15H,3,11-13H2,1-2H3,(H,22,25)(H,23,24). The number of thioether (sulfide) groups is 1. The van der Waals surface area contributed by atoms with Crippen LogP contribution in [0.15, 0.2) is 47.5 Å². The van der Waals surface area contributed by atoms with Gasteiger partial charge in [0.25, 0.3) is 0 Å². The van der Waals surface area contributed by atoms with Gasteiger partial charge in [-0.1, -0.05) is 48.2 Å². The number of fused-ring (bicyclic) bond motifs is 1. The van der Waals surface area contributed by atoms with Crippen LogP contribution >= 0.6 is 23.1 Å². The highest BCUT2D eigenvalue weighted by atomic mass is 32.2. The molecule has 0 aliphatic carbocycles. The number of benzene rings is 2. The third kappa shape index (κ3) is 4.42. The Kier molecular flexibility index (Phi) is 6.02. The second-order valence-electron chi connectivity index (χ2n) is 6.63. The zero-order valence-electron chi connectivity index (χ0n) is 16.1. The summed E-state index contributed by atoms with van der Waals surface area (Å²) >= 11 is 3.46. The first kappa shape index (κ1) is 19.1. The number of aliphatic imine (C=N–C) groups is 1. The van der Waals surface area contributed by atoms with Crippen LogP contribution < -0.4 is 15.4 Å². The van der Waals surface area contributed by atoms with E-state index >= 15 is 0 Å². The number of methoxy groups -OCH3 is 1. The lowest BCUT2D eigenvalue weighted by molar-refractivity contribution is 0.419. The van der Waals surface area contributed by atoms with Crippen LogP contribution in [0.1, 0.15) is 18.9 Å². The molecule has 0 amide bonds. The maximum absolute atomic E-state index is 5.39. The molecule has 4 rings (SSSR count). The van der Waals surface area contributed by atoms with Gasteiger partial charge in [0.05, 0.1) is 17.9 Å². The molecule has 0 saturated carbocycles. The van der Waals surface area contributed by atoms with Gasteiger partial charge in [-0.3, -0.25) is 4.99 Å². The summed E-state index contributed by atoms with van der Waals surface area (Å²) < 4.78 is 6.52. The molecule has 1 unspecified atom stereocenters. The minimum Gasteiger partial charge on any atom is -0.494 e. The van der Waals surface area contributed by atoms with E-state index in [9.17, 15) is 0 Å². The first-order valence-electron chi connectivity index (χ1n) is 9.49. The quantitative estimate of drug-likeness (QED) is 0.555. The lowest BCUT2D eigenvalue weighted by Crippen LogP contribution is -2.06. The molecule has 0 saturated heterocycles. The lowest BCUT2D eigenvalue weighted by atomic mass is 10.1. The number of hydrogen-bond donors (Lipinski definition) is 2. The average Bonchev–Trinajstić information content (AvgIpc) is 3.35. The third-order valence-electron chi connectivity index (χ3n) is 4.68. The molecule has 3 aromatic rings. The van der Waals surface area contributed by atoms with Gasteiger partial charge in [-0.15, -0.1) is 0 Å². The van der Waals surface area contributed by atoms with Gasteiger partial charge < -0.3 is 15.4 Å². The number of nitrogens with zero attached hydrogens (tertiary/aromatic N) is 2. The van der Waals surface area contributed by atoms with Crippen molar-refractivity contribution in [1.29, 1.82) is 0 Å². The Labute approximate surface area is 173 Å². The molecule has 0 fully saturated rings. The van der Waals surface area contributed by atoms with Crippen molar-refractivity contribution >= 4 is 49.3 Å². The van der Waals surface area contributed by atoms with E-state index in [0.717, 1.165) is 57.1 Å². The van der Waals surface area contributed by atoms with Crippen LogP contribution in [0.2, 0.25) is 0 Å². The van der Waals surface area contributed by atoms with E-state index in [1.54, 1.807) is 30.2 Å². The highest BCUT2D eigenvalue weighted by Crippen LogP contribution is 2.32. The molecule has 0 spiro atoms. The van der Waals surface area contributed by atoms with Gasteiger partial charge in [0, 0.05) is 18.0 Å². The molecule has 1 aromatic heterocycles. The Morgan fingerprint density at radius 3 is 2.79 bits per heavy atom. The highest BCUT2D eigenvalue weighted by molar-refractivity contribution is 8.14. The monoisotopic (exact) mass is 412 g/mol. The number of ether oxygens (including phenoxy) is 1. The summed E-state index contributed by atoms with van der Waals surface area (Å²) in [4.78, 5) is 9.34. The fourth-order valence-electron chi connectivity index (χ4n) is 3.05. The summed E-state index contributed by atoms with van der Waals surface area (Å²) in [6, 6.07) is 15.1. The molecule has 7 heteroatoms. The van der Waals surface area contributed by atoms with Gasteiger partial charge in [-0.2, -0.15) is 0 Å². The largest absolute Gasteiger partial charge is 0.494 e. The predicted octanol–water partition coefficient (Wildman–Crippen LogP) is 5.25. The minimum atomic E-state index is 0.459. The normalized spacial score (nSPS) is 16.2. The summed E-state index contributed by atoms with van der Waals surface area (Å²) in [5, 5.41) is 8.81. The van der Waals surface area contributed by atoms with Gasteiger partial charge in [0.1, 0.15) is 11.3 Å². The molecule has 1 atom stereocenters. The first-order chi connectivity index (χ1) is 13.7. The molecule has 1 aliphatic rings. The number of rotatable bonds is 7. The molecular formula is C21H24N4OS2. The Hall–Kier alpha value is -2.25. The van der Waals surface area contributed by atoms with Gasteiger partial charge in [-0.25, -0.2) is 4.98 Å². The molecule has 2 N–H and O–H groups in total. The Morgan fingerprint density at radius 2 is 2.04 bits per heavy atom. The van der Waals surface area contributed by atoms with E-state index in [1.807, 2.05) is 12.1 Å². The summed E-state index contributed by atoms with van der Waals surface area (Å²) in [7, 11) is 1.68. The summed E-state index contributed by atoms with van der Waals surface area (Å²) in [5.74, 6) is 1.90. The smallest absolute Gasteiger partial charge is 0.183 e. The van der Waals surface area contributed by atoms with Gasteiger partial charge in [0.2, 0.25) is 0 Å². The average molecular weight is 413 g/mol. The first-order valence-corrected chi connectivity index (χ1v) is 11.3. The molecule has 2 heterocycles. The molecule has 0 bridgehead atoms. The van der Waals surface area contributed by atoms with Crippen molar-refractivity contribution in [2.75, 3.05) is 30.0 Å². The topological polar surface area (TPSA) is 58.5 Å². The van der Waals surface area contributed by atoms with Crippen molar-refractivity contribution in [3.8, 4) is 5.75 Å². The second-order valence-corrected chi connectivity index (χ2v) is 8.67. The number of amidine groups is 1. The van der Waals surface area contributed by atoms with Crippen LogP contribution in [0.3, 0.4) is 0 Å². The molecular weight excluding hydrogens is 388 g/mol. The van der Waals surface area contributed by atoms with Crippen LogP contribution in [0.5, 0.6) is 5.75 Å². The molecule has 0 radical (unpaired) electrons. The van der Waals surface area contributed by atoms with E-state index in [1.165, 1.54) is 5.56 Å². The van der Waals surface area contributed by atoms with Gasteiger partial charge >= 0.3 is 0 Å². The zero-order valence-corrected chi connectivity index (χ0v) is 17.7. The fourth-order valence-corrected chi connectivity index (χ4v) is 5.03. The number of anilines is 2. The van der Waals surface area contributed by atoms with E-state index in [2.05, 4.69) is 57.9 Å². The summed E-state index contributed by atoms with van der Waals surface area (Å²) in [5.41, 5.74) is 3.31. The third-order valence-corrected chi connectivity index (χ3v) is 6.69. The van der Waals surface area contributed by atoms with Crippen molar-refractivity contribution in [1.82, 2.24) is 4.98 Å². The molecule has 1 aliphatic heterocycles. The Morgan fingerprint density at radius 1 is 1.18 bits per heavy atom. The molecule has 5 nitrogen and oxygen atoms in total. The molecule has 28 heavy (non-hydrogen) atoms. The summed E-state index contributed by atoms with van der Waals surface area (Å²) in [6.07, 6.45) is 2.05. The van der Waals surface area contributed by atoms with Crippen molar-refractivity contribution in [3.05, 3.63) is 48.0 Å². The number of nitrogens with one attached hydrogen (secondary N) is 2. The highest BCUT2D eigenvalue weighted by Gasteiger charge is 2.16. The summed E-state index contributed by atoms with van der Waals surface area (Å²) in [6.45, 7) is 3.03. The van der Waals surface area contributed by atoms with Crippen LogP contribution in [-0.2, 0) is 6.42 Å². The maximum atomic E-state index is 5.39. The van der Waals surface area contributed by atoms with E-state index in [4.69, 9.17) is 4.74 Å². The molecule has 2 aromatic carbocycles. The van der Waals surface area contributed by atoms with Gasteiger partial charge in [-0.05, 0) is 42.7 Å². The van der Waals surface area contributed by atoms with Crippen LogP contribution in [0.25, 0.3) is 10.2 Å². The lowest BCUT2D eigenvalue weighted by Gasteiger charge is -2.07.